The van der Waals surface area contributed by atoms with Crippen molar-refractivity contribution >= 4 is 35.0 Å². The number of piperazine rings is 1. The molecule has 0 bridgehead atoms. The Balaban J connectivity index is 1.62. The number of imide groups is 1. The van der Waals surface area contributed by atoms with E-state index in [9.17, 15) is 14.4 Å². The van der Waals surface area contributed by atoms with Gasteiger partial charge >= 0.3 is 0 Å². The molecule has 1 fully saturated rings. The number of quaternary nitrogens is 1. The van der Waals surface area contributed by atoms with Gasteiger partial charge in [0.25, 0.3) is 17.7 Å². The number of benzene rings is 2. The molecule has 138 valence electrons. The average molecular weight is 385 g/mol. The number of halogens is 1. The molecule has 2 aliphatic heterocycles. The third-order valence-corrected chi connectivity index (χ3v) is 5.37. The van der Waals surface area contributed by atoms with E-state index in [1.54, 1.807) is 47.4 Å². The van der Waals surface area contributed by atoms with Gasteiger partial charge in [0.05, 0.1) is 50.0 Å². The van der Waals surface area contributed by atoms with Gasteiger partial charge in [-0.15, -0.1) is 0 Å². The maximum absolute atomic E-state index is 12.8. The minimum atomic E-state index is -0.421. The summed E-state index contributed by atoms with van der Waals surface area (Å²) in [5.74, 6) is -0.912. The SMILES string of the molecule is C[NH+]1CCN(C(=O)c2ccc3c(c2)C(=O)N(c2ccc(Cl)cc2)C3=O)CC1. The molecular formula is C20H19ClN3O3+. The predicted octanol–water partition coefficient (Wildman–Crippen LogP) is 1.11. The van der Waals surface area contributed by atoms with Crippen molar-refractivity contribution < 1.29 is 19.3 Å². The van der Waals surface area contributed by atoms with Crippen molar-refractivity contribution in [3.05, 3.63) is 64.2 Å². The van der Waals surface area contributed by atoms with Crippen LogP contribution in [0.4, 0.5) is 5.69 Å². The van der Waals surface area contributed by atoms with E-state index >= 15 is 0 Å². The Morgan fingerprint density at radius 3 is 2.26 bits per heavy atom. The summed E-state index contributed by atoms with van der Waals surface area (Å²) in [4.78, 5) is 42.6. The van der Waals surface area contributed by atoms with Crippen LogP contribution in [0.25, 0.3) is 0 Å². The molecule has 2 heterocycles. The Morgan fingerprint density at radius 1 is 0.963 bits per heavy atom. The lowest BCUT2D eigenvalue weighted by Crippen LogP contribution is -3.12. The van der Waals surface area contributed by atoms with Crippen molar-refractivity contribution in [3.63, 3.8) is 0 Å². The molecule has 1 saturated heterocycles. The first-order valence-electron chi connectivity index (χ1n) is 8.84. The second-order valence-corrected chi connectivity index (χ2v) is 7.37. The van der Waals surface area contributed by atoms with Crippen LogP contribution < -0.4 is 9.80 Å². The van der Waals surface area contributed by atoms with Crippen LogP contribution in [-0.2, 0) is 0 Å². The van der Waals surface area contributed by atoms with E-state index in [-0.39, 0.29) is 17.4 Å². The number of carbonyl (C=O) groups is 3. The molecule has 6 nitrogen and oxygen atoms in total. The Morgan fingerprint density at radius 2 is 1.59 bits per heavy atom. The molecule has 0 aliphatic carbocycles. The molecule has 1 N–H and O–H groups in total. The van der Waals surface area contributed by atoms with Crippen molar-refractivity contribution in [1.82, 2.24) is 4.90 Å². The summed E-state index contributed by atoms with van der Waals surface area (Å²) in [5, 5.41) is 0.525. The number of nitrogens with one attached hydrogen (secondary N) is 1. The molecule has 3 amide bonds. The standard InChI is InChI=1S/C20H18ClN3O3/c1-22-8-10-23(11-9-22)18(25)13-2-7-16-17(12-13)20(27)24(19(16)26)15-5-3-14(21)4-6-15/h2-7,12H,8-11H2,1H3/p+1. The zero-order chi connectivity index (χ0) is 19.1. The van der Waals surface area contributed by atoms with E-state index in [1.807, 2.05) is 0 Å². The van der Waals surface area contributed by atoms with E-state index in [0.717, 1.165) is 18.0 Å². The lowest BCUT2D eigenvalue weighted by Gasteiger charge is -2.30. The lowest BCUT2D eigenvalue weighted by atomic mass is 10.0. The molecule has 4 rings (SSSR count). The molecule has 0 unspecified atom stereocenters. The van der Waals surface area contributed by atoms with Crippen molar-refractivity contribution in [3.8, 4) is 0 Å². The lowest BCUT2D eigenvalue weighted by molar-refractivity contribution is -0.883. The second kappa shape index (κ2) is 6.79. The average Bonchev–Trinajstić information content (AvgIpc) is 2.93. The largest absolute Gasteiger partial charge is 0.334 e. The highest BCUT2D eigenvalue weighted by molar-refractivity contribution is 6.35. The Kier molecular flexibility index (Phi) is 4.45. The van der Waals surface area contributed by atoms with Gasteiger partial charge in [0.15, 0.2) is 0 Å². The number of hydrogen-bond donors (Lipinski definition) is 1. The summed E-state index contributed by atoms with van der Waals surface area (Å²) < 4.78 is 0. The van der Waals surface area contributed by atoms with Crippen LogP contribution in [0.15, 0.2) is 42.5 Å². The Bertz CT molecular complexity index is 934. The maximum Gasteiger partial charge on any atom is 0.266 e. The highest BCUT2D eigenvalue weighted by Crippen LogP contribution is 2.30. The predicted molar refractivity (Wildman–Crippen MR) is 102 cm³/mol. The summed E-state index contributed by atoms with van der Waals surface area (Å²) in [6.07, 6.45) is 0. The summed E-state index contributed by atoms with van der Waals surface area (Å²) in [5.41, 5.74) is 1.47. The molecule has 0 aromatic heterocycles. The molecule has 0 spiro atoms. The van der Waals surface area contributed by atoms with Gasteiger partial charge < -0.3 is 9.80 Å². The minimum Gasteiger partial charge on any atom is -0.334 e. The first kappa shape index (κ1) is 17.7. The number of rotatable bonds is 2. The fourth-order valence-electron chi connectivity index (χ4n) is 3.47. The molecule has 0 radical (unpaired) electrons. The van der Waals surface area contributed by atoms with Gasteiger partial charge in [-0.1, -0.05) is 11.6 Å². The quantitative estimate of drug-likeness (QED) is 0.789. The van der Waals surface area contributed by atoms with E-state index in [1.165, 1.54) is 4.90 Å². The smallest absolute Gasteiger partial charge is 0.266 e. The summed E-state index contributed by atoms with van der Waals surface area (Å²) in [6.45, 7) is 3.17. The molecule has 7 heteroatoms. The third kappa shape index (κ3) is 3.11. The summed E-state index contributed by atoms with van der Waals surface area (Å²) in [6, 6.07) is 11.3. The van der Waals surface area contributed by atoms with Crippen LogP contribution in [0.1, 0.15) is 31.1 Å². The van der Waals surface area contributed by atoms with Crippen LogP contribution in [0.2, 0.25) is 5.02 Å². The Hall–Kier alpha value is -2.70. The minimum absolute atomic E-state index is 0.101. The van der Waals surface area contributed by atoms with Gasteiger partial charge in [-0.05, 0) is 42.5 Å². The second-order valence-electron chi connectivity index (χ2n) is 6.93. The number of nitrogens with zero attached hydrogens (tertiary/aromatic N) is 2. The van der Waals surface area contributed by atoms with Gasteiger partial charge in [0, 0.05) is 10.6 Å². The van der Waals surface area contributed by atoms with Crippen LogP contribution in [0, 0.1) is 0 Å². The molecule has 27 heavy (non-hydrogen) atoms. The molecule has 2 aromatic carbocycles. The highest BCUT2D eigenvalue weighted by Gasteiger charge is 2.37. The topological polar surface area (TPSA) is 62.1 Å². The number of amides is 3. The molecular weight excluding hydrogens is 366 g/mol. The number of carbonyl (C=O) groups excluding carboxylic acids is 3. The van der Waals surface area contributed by atoms with Crippen molar-refractivity contribution in [2.24, 2.45) is 0 Å². The fourth-order valence-corrected chi connectivity index (χ4v) is 3.60. The van der Waals surface area contributed by atoms with E-state index in [4.69, 9.17) is 11.6 Å². The zero-order valence-electron chi connectivity index (χ0n) is 14.9. The van der Waals surface area contributed by atoms with Crippen LogP contribution >= 0.6 is 11.6 Å². The van der Waals surface area contributed by atoms with Crippen LogP contribution in [0.3, 0.4) is 0 Å². The Labute approximate surface area is 161 Å². The highest BCUT2D eigenvalue weighted by atomic mass is 35.5. The summed E-state index contributed by atoms with van der Waals surface area (Å²) in [7, 11) is 2.10. The number of anilines is 1. The van der Waals surface area contributed by atoms with Gasteiger partial charge in [0.2, 0.25) is 0 Å². The van der Waals surface area contributed by atoms with Crippen molar-refractivity contribution in [2.45, 2.75) is 0 Å². The molecule has 2 aromatic rings. The maximum atomic E-state index is 12.8. The van der Waals surface area contributed by atoms with Crippen molar-refractivity contribution in [1.29, 1.82) is 0 Å². The normalized spacial score (nSPS) is 17.4. The van der Waals surface area contributed by atoms with E-state index in [0.29, 0.717) is 34.9 Å². The van der Waals surface area contributed by atoms with E-state index < -0.39 is 5.91 Å². The molecule has 0 atom stereocenters. The summed E-state index contributed by atoms with van der Waals surface area (Å²) >= 11 is 5.89. The van der Waals surface area contributed by atoms with Crippen molar-refractivity contribution in [2.75, 3.05) is 38.1 Å². The number of likely N-dealkylation sites (N-methyl/N-ethyl adjacent to an activating group) is 1. The van der Waals surface area contributed by atoms with Gasteiger partial charge in [0.1, 0.15) is 0 Å². The van der Waals surface area contributed by atoms with Gasteiger partial charge in [-0.2, -0.15) is 0 Å². The first-order chi connectivity index (χ1) is 13.0. The van der Waals surface area contributed by atoms with Crippen LogP contribution in [0.5, 0.6) is 0 Å². The zero-order valence-corrected chi connectivity index (χ0v) is 15.6. The van der Waals surface area contributed by atoms with Crippen LogP contribution in [-0.4, -0.2) is 55.8 Å². The first-order valence-corrected chi connectivity index (χ1v) is 9.22. The monoisotopic (exact) mass is 384 g/mol. The number of fused-ring (bicyclic) bond motifs is 1. The van der Waals surface area contributed by atoms with Gasteiger partial charge in [-0.25, -0.2) is 4.90 Å². The fraction of sp³-hybridized carbons (Fsp3) is 0.250. The third-order valence-electron chi connectivity index (χ3n) is 5.12. The molecule has 2 aliphatic rings. The van der Waals surface area contributed by atoms with E-state index in [2.05, 4.69) is 7.05 Å². The number of hydrogen-bond acceptors (Lipinski definition) is 3. The molecule has 0 saturated carbocycles. The van der Waals surface area contributed by atoms with Gasteiger partial charge in [-0.3, -0.25) is 14.4 Å².